The van der Waals surface area contributed by atoms with Crippen molar-refractivity contribution in [2.75, 3.05) is 6.61 Å². The zero-order chi connectivity index (χ0) is 9.80. The topological polar surface area (TPSA) is 26.3 Å². The molecule has 0 amide bonds. The average Bonchev–Trinajstić information content (AvgIpc) is 2.72. The van der Waals surface area contributed by atoms with Crippen molar-refractivity contribution in [2.24, 2.45) is 0 Å². The molecule has 0 spiro atoms. The van der Waals surface area contributed by atoms with E-state index in [2.05, 4.69) is 0 Å². The Balaban J connectivity index is 1.88. The first-order valence-electron chi connectivity index (χ1n) is 5.01. The van der Waals surface area contributed by atoms with Gasteiger partial charge in [-0.25, -0.2) is 0 Å². The predicted octanol–water partition coefficient (Wildman–Crippen LogP) is 2.43. The van der Waals surface area contributed by atoms with Crippen LogP contribution in [0.1, 0.15) is 24.8 Å². The molecule has 0 aromatic carbocycles. The van der Waals surface area contributed by atoms with Crippen molar-refractivity contribution in [3.63, 3.8) is 0 Å². The fourth-order valence-electron chi connectivity index (χ4n) is 1.70. The van der Waals surface area contributed by atoms with Gasteiger partial charge in [0, 0.05) is 13.0 Å². The molecule has 1 aliphatic heterocycles. The van der Waals surface area contributed by atoms with Crippen LogP contribution in [0.3, 0.4) is 0 Å². The number of carbonyl (C=O) groups excluding carboxylic acids is 1. The summed E-state index contributed by atoms with van der Waals surface area (Å²) >= 11 is 1.64. The summed E-state index contributed by atoms with van der Waals surface area (Å²) in [5, 5.41) is 4.03. The van der Waals surface area contributed by atoms with Gasteiger partial charge in [-0.3, -0.25) is 4.79 Å². The number of hydrogen-bond donors (Lipinski definition) is 0. The van der Waals surface area contributed by atoms with Crippen LogP contribution in [0.4, 0.5) is 0 Å². The Bertz CT molecular complexity index is 286. The van der Waals surface area contributed by atoms with Gasteiger partial charge in [-0.2, -0.15) is 11.3 Å². The van der Waals surface area contributed by atoms with Crippen LogP contribution in [0.5, 0.6) is 0 Å². The Morgan fingerprint density at radius 1 is 1.57 bits per heavy atom. The molecule has 0 radical (unpaired) electrons. The Hall–Kier alpha value is -0.670. The Kier molecular flexibility index (Phi) is 3.32. The lowest BCUT2D eigenvalue weighted by Gasteiger charge is -2.20. The largest absolute Gasteiger partial charge is 0.370 e. The van der Waals surface area contributed by atoms with Gasteiger partial charge in [0.05, 0.1) is 0 Å². The van der Waals surface area contributed by atoms with Gasteiger partial charge in [-0.1, -0.05) is 0 Å². The van der Waals surface area contributed by atoms with Crippen LogP contribution in [-0.2, 0) is 16.0 Å². The third-order valence-corrected chi connectivity index (χ3v) is 3.23. The van der Waals surface area contributed by atoms with Crippen molar-refractivity contribution in [1.29, 1.82) is 0 Å². The van der Waals surface area contributed by atoms with Gasteiger partial charge in [-0.05, 0) is 41.7 Å². The van der Waals surface area contributed by atoms with E-state index in [9.17, 15) is 4.79 Å². The third-order valence-electron chi connectivity index (χ3n) is 2.50. The summed E-state index contributed by atoms with van der Waals surface area (Å²) in [6.45, 7) is 0.750. The normalized spacial score (nSPS) is 22.1. The number of carbonyl (C=O) groups is 1. The molecule has 0 N–H and O–H groups in total. The van der Waals surface area contributed by atoms with Gasteiger partial charge < -0.3 is 4.74 Å². The van der Waals surface area contributed by atoms with E-state index in [1.54, 1.807) is 11.3 Å². The molecule has 0 bridgehead atoms. The van der Waals surface area contributed by atoms with Crippen molar-refractivity contribution >= 4 is 17.1 Å². The zero-order valence-corrected chi connectivity index (χ0v) is 8.89. The molecule has 1 fully saturated rings. The highest BCUT2D eigenvalue weighted by molar-refractivity contribution is 7.07. The summed E-state index contributed by atoms with van der Waals surface area (Å²) < 4.78 is 5.44. The maximum atomic E-state index is 11.7. The molecule has 0 aliphatic carbocycles. The number of ether oxygens (including phenoxy) is 1. The first-order chi connectivity index (χ1) is 6.86. The summed E-state index contributed by atoms with van der Waals surface area (Å²) in [5.41, 5.74) is 1.12. The zero-order valence-electron chi connectivity index (χ0n) is 8.07. The van der Waals surface area contributed by atoms with Crippen molar-refractivity contribution in [2.45, 2.75) is 31.8 Å². The maximum absolute atomic E-state index is 11.7. The summed E-state index contributed by atoms with van der Waals surface area (Å²) in [4.78, 5) is 11.7. The van der Waals surface area contributed by atoms with Crippen LogP contribution >= 0.6 is 11.3 Å². The molecule has 14 heavy (non-hydrogen) atoms. The van der Waals surface area contributed by atoms with Crippen LogP contribution in [0, 0.1) is 0 Å². The van der Waals surface area contributed by atoms with Crippen LogP contribution in [0.15, 0.2) is 16.8 Å². The summed E-state index contributed by atoms with van der Waals surface area (Å²) in [6.07, 6.45) is 3.53. The molecular weight excluding hydrogens is 196 g/mol. The van der Waals surface area contributed by atoms with Crippen LogP contribution in [-0.4, -0.2) is 18.5 Å². The van der Waals surface area contributed by atoms with Crippen LogP contribution in [0.2, 0.25) is 0 Å². The van der Waals surface area contributed by atoms with Gasteiger partial charge in [0.15, 0.2) is 5.78 Å². The molecule has 76 valence electrons. The van der Waals surface area contributed by atoms with Gasteiger partial charge in [0.1, 0.15) is 6.10 Å². The second-order valence-corrected chi connectivity index (χ2v) is 4.41. The Morgan fingerprint density at radius 2 is 2.50 bits per heavy atom. The van der Waals surface area contributed by atoms with Crippen LogP contribution in [0.25, 0.3) is 0 Å². The molecule has 1 atom stereocenters. The molecule has 3 heteroatoms. The lowest BCUT2D eigenvalue weighted by atomic mass is 10.0. The number of Topliss-reactive ketones (excluding diaryl/α,β-unsaturated/α-hetero) is 1. The van der Waals surface area contributed by atoms with E-state index in [1.807, 2.05) is 16.8 Å². The number of thiophene rings is 1. The smallest absolute Gasteiger partial charge is 0.165 e. The first kappa shape index (κ1) is 9.87. The SMILES string of the molecule is O=C(Cc1ccsc1)C1CCCCO1. The van der Waals surface area contributed by atoms with Gasteiger partial charge >= 0.3 is 0 Å². The monoisotopic (exact) mass is 210 g/mol. The molecule has 1 saturated heterocycles. The fraction of sp³-hybridized carbons (Fsp3) is 0.545. The third kappa shape index (κ3) is 2.42. The second-order valence-electron chi connectivity index (χ2n) is 3.63. The Morgan fingerprint density at radius 3 is 3.14 bits per heavy atom. The van der Waals surface area contributed by atoms with E-state index in [0.29, 0.717) is 6.42 Å². The van der Waals surface area contributed by atoms with Gasteiger partial charge in [0.25, 0.3) is 0 Å². The van der Waals surface area contributed by atoms with Crippen molar-refractivity contribution < 1.29 is 9.53 Å². The minimum atomic E-state index is -0.136. The number of hydrogen-bond acceptors (Lipinski definition) is 3. The molecule has 2 heterocycles. The van der Waals surface area contributed by atoms with Gasteiger partial charge in [0.2, 0.25) is 0 Å². The number of rotatable bonds is 3. The lowest BCUT2D eigenvalue weighted by Crippen LogP contribution is -2.29. The molecule has 1 aliphatic rings. The molecule has 1 aromatic rings. The van der Waals surface area contributed by atoms with E-state index in [1.165, 1.54) is 0 Å². The minimum Gasteiger partial charge on any atom is -0.370 e. The molecule has 2 nitrogen and oxygen atoms in total. The first-order valence-corrected chi connectivity index (χ1v) is 5.96. The van der Waals surface area contributed by atoms with Gasteiger partial charge in [-0.15, -0.1) is 0 Å². The molecule has 0 saturated carbocycles. The van der Waals surface area contributed by atoms with E-state index in [0.717, 1.165) is 31.4 Å². The molecule has 1 unspecified atom stereocenters. The standard InChI is InChI=1S/C11H14O2S/c12-10(7-9-4-6-14-8-9)11-3-1-2-5-13-11/h4,6,8,11H,1-3,5,7H2. The van der Waals surface area contributed by atoms with Crippen molar-refractivity contribution in [1.82, 2.24) is 0 Å². The Labute approximate surface area is 87.9 Å². The second kappa shape index (κ2) is 4.71. The van der Waals surface area contributed by atoms with Crippen LogP contribution < -0.4 is 0 Å². The van der Waals surface area contributed by atoms with E-state index >= 15 is 0 Å². The lowest BCUT2D eigenvalue weighted by molar-refractivity contribution is -0.132. The quantitative estimate of drug-likeness (QED) is 0.766. The van der Waals surface area contributed by atoms with E-state index in [4.69, 9.17) is 4.74 Å². The van der Waals surface area contributed by atoms with E-state index in [-0.39, 0.29) is 11.9 Å². The summed E-state index contributed by atoms with van der Waals surface area (Å²) in [6, 6.07) is 2.01. The molecule has 1 aromatic heterocycles. The average molecular weight is 210 g/mol. The minimum absolute atomic E-state index is 0.136. The highest BCUT2D eigenvalue weighted by atomic mass is 32.1. The summed E-state index contributed by atoms with van der Waals surface area (Å²) in [5.74, 6) is 0.239. The van der Waals surface area contributed by atoms with E-state index < -0.39 is 0 Å². The van der Waals surface area contributed by atoms with Crippen molar-refractivity contribution in [3.05, 3.63) is 22.4 Å². The van der Waals surface area contributed by atoms with Crippen molar-refractivity contribution in [3.8, 4) is 0 Å². The summed E-state index contributed by atoms with van der Waals surface area (Å²) in [7, 11) is 0. The highest BCUT2D eigenvalue weighted by Gasteiger charge is 2.21. The molecule has 2 rings (SSSR count). The molecular formula is C11H14O2S. The predicted molar refractivity (Wildman–Crippen MR) is 56.6 cm³/mol. The highest BCUT2D eigenvalue weighted by Crippen LogP contribution is 2.16. The fourth-order valence-corrected chi connectivity index (χ4v) is 2.37. The maximum Gasteiger partial charge on any atom is 0.165 e. The number of ketones is 1.